The molecule has 0 atom stereocenters. The SMILES string of the molecule is CC1=CC(/C=C/C(=O)O)=CCN1C. The van der Waals surface area contributed by atoms with E-state index in [9.17, 15) is 4.79 Å². The molecule has 0 aromatic heterocycles. The zero-order chi connectivity index (χ0) is 9.84. The van der Waals surface area contributed by atoms with Crippen molar-refractivity contribution < 1.29 is 9.90 Å². The Bertz CT molecular complexity index is 300. The number of allylic oxidation sites excluding steroid dienone is 4. The van der Waals surface area contributed by atoms with Gasteiger partial charge in [0.05, 0.1) is 0 Å². The topological polar surface area (TPSA) is 40.5 Å². The van der Waals surface area contributed by atoms with E-state index in [2.05, 4.69) is 4.90 Å². The molecule has 0 bridgehead atoms. The minimum absolute atomic E-state index is 0.835. The summed E-state index contributed by atoms with van der Waals surface area (Å²) in [5.74, 6) is -0.911. The standard InChI is InChI=1S/C10H13NO2/c1-8-7-9(3-4-10(12)13)5-6-11(8)2/h3-5,7H,6H2,1-2H3,(H,12,13)/b4-3+. The van der Waals surface area contributed by atoms with Crippen LogP contribution in [0.15, 0.2) is 35.6 Å². The van der Waals surface area contributed by atoms with Crippen molar-refractivity contribution in [2.75, 3.05) is 13.6 Å². The molecule has 0 spiro atoms. The van der Waals surface area contributed by atoms with Gasteiger partial charge in [-0.3, -0.25) is 0 Å². The summed E-state index contributed by atoms with van der Waals surface area (Å²) in [5.41, 5.74) is 2.10. The number of carbonyl (C=O) groups is 1. The molecular formula is C10H13NO2. The number of nitrogens with zero attached hydrogens (tertiary/aromatic N) is 1. The van der Waals surface area contributed by atoms with Crippen LogP contribution >= 0.6 is 0 Å². The van der Waals surface area contributed by atoms with Crippen molar-refractivity contribution in [3.63, 3.8) is 0 Å². The van der Waals surface area contributed by atoms with Crippen LogP contribution in [-0.4, -0.2) is 29.6 Å². The molecule has 1 rings (SSSR count). The van der Waals surface area contributed by atoms with Crippen molar-refractivity contribution in [1.29, 1.82) is 0 Å². The fraction of sp³-hybridized carbons (Fsp3) is 0.300. The van der Waals surface area contributed by atoms with Gasteiger partial charge in [0.15, 0.2) is 0 Å². The Morgan fingerprint density at radius 2 is 2.38 bits per heavy atom. The summed E-state index contributed by atoms with van der Waals surface area (Å²) >= 11 is 0. The quantitative estimate of drug-likeness (QED) is 0.651. The second-order valence-corrected chi connectivity index (χ2v) is 3.04. The molecule has 1 N–H and O–H groups in total. The fourth-order valence-electron chi connectivity index (χ4n) is 1.08. The summed E-state index contributed by atoms with van der Waals surface area (Å²) in [4.78, 5) is 12.3. The number of carboxylic acid groups (broad SMARTS) is 1. The normalized spacial score (nSPS) is 17.2. The van der Waals surface area contributed by atoms with E-state index in [-0.39, 0.29) is 0 Å². The van der Waals surface area contributed by atoms with E-state index in [1.165, 1.54) is 0 Å². The van der Waals surface area contributed by atoms with Gasteiger partial charge >= 0.3 is 5.97 Å². The van der Waals surface area contributed by atoms with Crippen molar-refractivity contribution in [3.8, 4) is 0 Å². The van der Waals surface area contributed by atoms with E-state index in [0.29, 0.717) is 0 Å². The highest BCUT2D eigenvalue weighted by atomic mass is 16.4. The van der Waals surface area contributed by atoms with Gasteiger partial charge in [-0.2, -0.15) is 0 Å². The van der Waals surface area contributed by atoms with Gasteiger partial charge in [0, 0.05) is 25.4 Å². The molecule has 0 aliphatic carbocycles. The van der Waals surface area contributed by atoms with Crippen LogP contribution in [0.2, 0.25) is 0 Å². The summed E-state index contributed by atoms with van der Waals surface area (Å²) < 4.78 is 0. The Labute approximate surface area is 77.7 Å². The van der Waals surface area contributed by atoms with E-state index in [0.717, 1.165) is 23.9 Å². The highest BCUT2D eigenvalue weighted by Gasteiger charge is 2.03. The average molecular weight is 179 g/mol. The molecule has 0 saturated heterocycles. The van der Waals surface area contributed by atoms with Crippen LogP contribution in [0.1, 0.15) is 6.92 Å². The second-order valence-electron chi connectivity index (χ2n) is 3.04. The van der Waals surface area contributed by atoms with E-state index in [1.54, 1.807) is 6.08 Å². The van der Waals surface area contributed by atoms with Crippen LogP contribution in [0.3, 0.4) is 0 Å². The Balaban J connectivity index is 2.70. The van der Waals surface area contributed by atoms with Gasteiger partial charge in [0.1, 0.15) is 0 Å². The van der Waals surface area contributed by atoms with Gasteiger partial charge in [-0.1, -0.05) is 6.08 Å². The number of rotatable bonds is 2. The lowest BCUT2D eigenvalue weighted by Gasteiger charge is -2.22. The molecule has 1 heterocycles. The van der Waals surface area contributed by atoms with E-state index < -0.39 is 5.97 Å². The molecule has 70 valence electrons. The predicted molar refractivity (Wildman–Crippen MR) is 51.2 cm³/mol. The zero-order valence-electron chi connectivity index (χ0n) is 7.82. The first-order valence-corrected chi connectivity index (χ1v) is 4.10. The molecule has 0 saturated carbocycles. The molecule has 0 aromatic carbocycles. The molecule has 0 unspecified atom stereocenters. The summed E-state index contributed by atoms with van der Waals surface area (Å²) in [6.45, 7) is 2.84. The van der Waals surface area contributed by atoms with Crippen molar-refractivity contribution in [2.45, 2.75) is 6.92 Å². The fourth-order valence-corrected chi connectivity index (χ4v) is 1.08. The molecule has 0 fully saturated rings. The number of hydrogen-bond acceptors (Lipinski definition) is 2. The monoisotopic (exact) mass is 179 g/mol. The Hall–Kier alpha value is -1.51. The van der Waals surface area contributed by atoms with E-state index in [1.807, 2.05) is 26.1 Å². The first-order valence-electron chi connectivity index (χ1n) is 4.10. The lowest BCUT2D eigenvalue weighted by atomic mass is 10.1. The van der Waals surface area contributed by atoms with Gasteiger partial charge in [-0.25, -0.2) is 4.79 Å². The van der Waals surface area contributed by atoms with Crippen LogP contribution in [-0.2, 0) is 4.79 Å². The lowest BCUT2D eigenvalue weighted by molar-refractivity contribution is -0.131. The second kappa shape index (κ2) is 3.94. The first-order chi connectivity index (χ1) is 6.09. The van der Waals surface area contributed by atoms with Crippen LogP contribution in [0.5, 0.6) is 0 Å². The van der Waals surface area contributed by atoms with E-state index >= 15 is 0 Å². The number of carboxylic acids is 1. The van der Waals surface area contributed by atoms with Crippen LogP contribution in [0.4, 0.5) is 0 Å². The van der Waals surface area contributed by atoms with Gasteiger partial charge < -0.3 is 10.0 Å². The first kappa shape index (κ1) is 9.58. The van der Waals surface area contributed by atoms with Gasteiger partial charge in [0.25, 0.3) is 0 Å². The predicted octanol–water partition coefficient (Wildman–Crippen LogP) is 1.40. The third kappa shape index (κ3) is 2.78. The maximum atomic E-state index is 10.2. The molecule has 13 heavy (non-hydrogen) atoms. The van der Waals surface area contributed by atoms with E-state index in [4.69, 9.17) is 5.11 Å². The van der Waals surface area contributed by atoms with Gasteiger partial charge in [0.2, 0.25) is 0 Å². The molecule has 3 heteroatoms. The average Bonchev–Trinajstić information content (AvgIpc) is 2.07. The van der Waals surface area contributed by atoms with Crippen molar-refractivity contribution in [2.24, 2.45) is 0 Å². The van der Waals surface area contributed by atoms with Crippen molar-refractivity contribution >= 4 is 5.97 Å². The summed E-state index contributed by atoms with van der Waals surface area (Å²) in [6, 6.07) is 0. The Morgan fingerprint density at radius 3 is 2.92 bits per heavy atom. The number of aliphatic carboxylic acids is 1. The van der Waals surface area contributed by atoms with Crippen LogP contribution in [0, 0.1) is 0 Å². The summed E-state index contributed by atoms with van der Waals surface area (Å²) in [6.07, 6.45) is 6.72. The maximum Gasteiger partial charge on any atom is 0.328 e. The number of hydrogen-bond donors (Lipinski definition) is 1. The van der Waals surface area contributed by atoms with Gasteiger partial charge in [-0.05, 0) is 24.6 Å². The summed E-state index contributed by atoms with van der Waals surface area (Å²) in [5, 5.41) is 8.42. The van der Waals surface area contributed by atoms with Crippen molar-refractivity contribution in [1.82, 2.24) is 4.90 Å². The highest BCUT2D eigenvalue weighted by Crippen LogP contribution is 2.13. The molecule has 0 aromatic rings. The third-order valence-corrected chi connectivity index (χ3v) is 2.00. The largest absolute Gasteiger partial charge is 0.478 e. The molecular weight excluding hydrogens is 166 g/mol. The third-order valence-electron chi connectivity index (χ3n) is 2.00. The van der Waals surface area contributed by atoms with Crippen molar-refractivity contribution in [3.05, 3.63) is 35.6 Å². The lowest BCUT2D eigenvalue weighted by Crippen LogP contribution is -2.18. The Kier molecular flexibility index (Phi) is 2.90. The number of likely N-dealkylation sites (N-methyl/N-ethyl adjacent to an activating group) is 1. The smallest absolute Gasteiger partial charge is 0.328 e. The molecule has 0 radical (unpaired) electrons. The minimum atomic E-state index is -0.911. The van der Waals surface area contributed by atoms with Crippen LogP contribution in [0.25, 0.3) is 0 Å². The molecule has 1 aliphatic heterocycles. The van der Waals surface area contributed by atoms with Gasteiger partial charge in [-0.15, -0.1) is 0 Å². The summed E-state index contributed by atoms with van der Waals surface area (Å²) in [7, 11) is 2.00. The van der Waals surface area contributed by atoms with Crippen LogP contribution < -0.4 is 0 Å². The molecule has 1 aliphatic rings. The maximum absolute atomic E-state index is 10.2. The zero-order valence-corrected chi connectivity index (χ0v) is 7.82. The highest BCUT2D eigenvalue weighted by molar-refractivity contribution is 5.80. The molecule has 3 nitrogen and oxygen atoms in total. The minimum Gasteiger partial charge on any atom is -0.478 e. The molecule has 0 amide bonds. The Morgan fingerprint density at radius 1 is 1.69 bits per heavy atom.